The Morgan fingerprint density at radius 2 is 2.27 bits per heavy atom. The van der Waals surface area contributed by atoms with Crippen LogP contribution in [0.1, 0.15) is 26.2 Å². The molecule has 11 heavy (non-hydrogen) atoms. The first kappa shape index (κ1) is 9.53. The van der Waals surface area contributed by atoms with Crippen molar-refractivity contribution in [1.82, 2.24) is 0 Å². The third-order valence-corrected chi connectivity index (χ3v) is 3.12. The normalized spacial score (nSPS) is 20.2. The Hall–Kier alpha value is 0.440. The van der Waals surface area contributed by atoms with Crippen molar-refractivity contribution < 1.29 is 4.74 Å². The summed E-state index contributed by atoms with van der Waals surface area (Å²) in [6.07, 6.45) is 4.01. The van der Waals surface area contributed by atoms with Gasteiger partial charge in [0.2, 0.25) is 0 Å². The molecule has 0 aromatic carbocycles. The highest BCUT2D eigenvalue weighted by Gasteiger charge is 2.21. The number of hydrogen-bond acceptors (Lipinski definition) is 1. The van der Waals surface area contributed by atoms with E-state index in [0.29, 0.717) is 5.92 Å². The van der Waals surface area contributed by atoms with E-state index in [2.05, 4.69) is 22.9 Å². The molecule has 0 heterocycles. The lowest BCUT2D eigenvalue weighted by Crippen LogP contribution is -2.11. The smallest absolute Gasteiger partial charge is 0.0502 e. The number of halogens is 1. The average molecular weight is 221 g/mol. The Morgan fingerprint density at radius 1 is 1.55 bits per heavy atom. The zero-order chi connectivity index (χ0) is 8.10. The highest BCUT2D eigenvalue weighted by atomic mass is 79.9. The Balaban J connectivity index is 1.90. The zero-order valence-corrected chi connectivity index (χ0v) is 8.77. The molecule has 1 atom stereocenters. The van der Waals surface area contributed by atoms with E-state index in [4.69, 9.17) is 4.74 Å². The van der Waals surface area contributed by atoms with Crippen LogP contribution in [0.15, 0.2) is 0 Å². The molecule has 1 aliphatic carbocycles. The molecular weight excluding hydrogens is 204 g/mol. The van der Waals surface area contributed by atoms with Crippen molar-refractivity contribution in [2.24, 2.45) is 11.8 Å². The summed E-state index contributed by atoms with van der Waals surface area (Å²) in [5.74, 6) is 1.62. The SMILES string of the molecule is CCC(CBr)COCC1CC1. The minimum absolute atomic E-state index is 0.716. The topological polar surface area (TPSA) is 9.23 Å². The summed E-state index contributed by atoms with van der Waals surface area (Å²) in [5, 5.41) is 1.08. The Bertz CT molecular complexity index is 97.7. The highest BCUT2D eigenvalue weighted by molar-refractivity contribution is 9.09. The van der Waals surface area contributed by atoms with Gasteiger partial charge in [-0.15, -0.1) is 0 Å². The largest absolute Gasteiger partial charge is 0.381 e. The van der Waals surface area contributed by atoms with Crippen molar-refractivity contribution in [1.29, 1.82) is 0 Å². The molecular formula is C9H17BrO. The van der Waals surface area contributed by atoms with Gasteiger partial charge >= 0.3 is 0 Å². The molecule has 66 valence electrons. The summed E-state index contributed by atoms with van der Waals surface area (Å²) in [4.78, 5) is 0. The van der Waals surface area contributed by atoms with E-state index in [0.717, 1.165) is 24.5 Å². The first-order valence-corrected chi connectivity index (χ1v) is 5.62. The molecule has 0 amide bonds. The molecule has 1 nitrogen and oxygen atoms in total. The third kappa shape index (κ3) is 4.12. The summed E-state index contributed by atoms with van der Waals surface area (Å²) < 4.78 is 5.57. The molecule has 1 aliphatic rings. The summed E-state index contributed by atoms with van der Waals surface area (Å²) in [6, 6.07) is 0. The molecule has 0 N–H and O–H groups in total. The molecule has 0 bridgehead atoms. The van der Waals surface area contributed by atoms with E-state index in [1.54, 1.807) is 0 Å². The van der Waals surface area contributed by atoms with Crippen LogP contribution in [0.5, 0.6) is 0 Å². The van der Waals surface area contributed by atoms with Gasteiger partial charge in [0.25, 0.3) is 0 Å². The molecule has 0 aliphatic heterocycles. The van der Waals surface area contributed by atoms with Crippen LogP contribution in [0.3, 0.4) is 0 Å². The standard InChI is InChI=1S/C9H17BrO/c1-2-8(5-10)6-11-7-9-3-4-9/h8-9H,2-7H2,1H3. The molecule has 0 radical (unpaired) electrons. The summed E-state index contributed by atoms with van der Waals surface area (Å²) in [7, 11) is 0. The quantitative estimate of drug-likeness (QED) is 0.626. The predicted molar refractivity (Wildman–Crippen MR) is 51.1 cm³/mol. The van der Waals surface area contributed by atoms with Crippen LogP contribution in [0.2, 0.25) is 0 Å². The van der Waals surface area contributed by atoms with Crippen molar-refractivity contribution in [3.8, 4) is 0 Å². The molecule has 1 unspecified atom stereocenters. The molecule has 0 aromatic heterocycles. The van der Waals surface area contributed by atoms with Crippen LogP contribution >= 0.6 is 15.9 Å². The molecule has 0 saturated heterocycles. The van der Waals surface area contributed by atoms with Crippen molar-refractivity contribution in [2.45, 2.75) is 26.2 Å². The predicted octanol–water partition coefficient (Wildman–Crippen LogP) is 2.83. The number of alkyl halides is 1. The lowest BCUT2D eigenvalue weighted by Gasteiger charge is -2.10. The number of ether oxygens (including phenoxy) is 1. The molecule has 1 saturated carbocycles. The lowest BCUT2D eigenvalue weighted by molar-refractivity contribution is 0.0968. The molecule has 0 aromatic rings. The summed E-state index contributed by atoms with van der Waals surface area (Å²) in [6.45, 7) is 4.16. The Kier molecular flexibility index (Phi) is 4.46. The van der Waals surface area contributed by atoms with Gasteiger partial charge in [-0.25, -0.2) is 0 Å². The second-order valence-electron chi connectivity index (χ2n) is 3.41. The molecule has 2 heteroatoms. The fraction of sp³-hybridized carbons (Fsp3) is 1.00. The monoisotopic (exact) mass is 220 g/mol. The van der Waals surface area contributed by atoms with Gasteiger partial charge in [-0.05, 0) is 24.7 Å². The van der Waals surface area contributed by atoms with Gasteiger partial charge < -0.3 is 4.74 Å². The van der Waals surface area contributed by atoms with Gasteiger partial charge in [-0.3, -0.25) is 0 Å². The maximum absolute atomic E-state index is 5.57. The summed E-state index contributed by atoms with van der Waals surface area (Å²) in [5.41, 5.74) is 0. The Labute approximate surface area is 77.6 Å². The van der Waals surface area contributed by atoms with E-state index >= 15 is 0 Å². The van der Waals surface area contributed by atoms with E-state index in [1.165, 1.54) is 19.3 Å². The highest BCUT2D eigenvalue weighted by Crippen LogP contribution is 2.29. The second kappa shape index (κ2) is 5.15. The van der Waals surface area contributed by atoms with Crippen LogP contribution in [-0.2, 0) is 4.74 Å². The molecule has 0 spiro atoms. The fourth-order valence-electron chi connectivity index (χ4n) is 0.957. The second-order valence-corrected chi connectivity index (χ2v) is 4.06. The number of hydrogen-bond donors (Lipinski definition) is 0. The van der Waals surface area contributed by atoms with Crippen LogP contribution in [0, 0.1) is 11.8 Å². The van der Waals surface area contributed by atoms with Gasteiger partial charge in [-0.1, -0.05) is 29.3 Å². The van der Waals surface area contributed by atoms with Gasteiger partial charge in [0.1, 0.15) is 0 Å². The lowest BCUT2D eigenvalue weighted by atomic mass is 10.1. The van der Waals surface area contributed by atoms with Crippen LogP contribution in [0.25, 0.3) is 0 Å². The fourth-order valence-corrected chi connectivity index (χ4v) is 1.60. The van der Waals surface area contributed by atoms with E-state index < -0.39 is 0 Å². The van der Waals surface area contributed by atoms with Gasteiger partial charge in [-0.2, -0.15) is 0 Å². The minimum atomic E-state index is 0.716. The van der Waals surface area contributed by atoms with Crippen molar-refractivity contribution >= 4 is 15.9 Å². The van der Waals surface area contributed by atoms with Crippen LogP contribution in [0.4, 0.5) is 0 Å². The van der Waals surface area contributed by atoms with Crippen molar-refractivity contribution in [3.63, 3.8) is 0 Å². The maximum atomic E-state index is 5.57. The Morgan fingerprint density at radius 3 is 2.73 bits per heavy atom. The van der Waals surface area contributed by atoms with Crippen LogP contribution in [-0.4, -0.2) is 18.5 Å². The first-order chi connectivity index (χ1) is 5.36. The van der Waals surface area contributed by atoms with Crippen molar-refractivity contribution in [2.75, 3.05) is 18.5 Å². The van der Waals surface area contributed by atoms with E-state index in [-0.39, 0.29) is 0 Å². The van der Waals surface area contributed by atoms with Crippen LogP contribution < -0.4 is 0 Å². The number of rotatable bonds is 6. The van der Waals surface area contributed by atoms with E-state index in [1.807, 2.05) is 0 Å². The summed E-state index contributed by atoms with van der Waals surface area (Å²) >= 11 is 3.48. The molecule has 1 rings (SSSR count). The van der Waals surface area contributed by atoms with Gasteiger partial charge in [0.05, 0.1) is 6.61 Å². The van der Waals surface area contributed by atoms with E-state index in [9.17, 15) is 0 Å². The average Bonchev–Trinajstić information content (AvgIpc) is 2.82. The first-order valence-electron chi connectivity index (χ1n) is 4.50. The third-order valence-electron chi connectivity index (χ3n) is 2.20. The van der Waals surface area contributed by atoms with Crippen molar-refractivity contribution in [3.05, 3.63) is 0 Å². The molecule has 1 fully saturated rings. The zero-order valence-electron chi connectivity index (χ0n) is 7.18. The van der Waals surface area contributed by atoms with Gasteiger partial charge in [0, 0.05) is 11.9 Å². The minimum Gasteiger partial charge on any atom is -0.381 e. The van der Waals surface area contributed by atoms with Gasteiger partial charge in [0.15, 0.2) is 0 Å². The maximum Gasteiger partial charge on any atom is 0.0502 e.